The Kier molecular flexibility index (Phi) is 3.62. The van der Waals surface area contributed by atoms with Crippen LogP contribution >= 0.6 is 0 Å². The van der Waals surface area contributed by atoms with E-state index >= 15 is 0 Å². The van der Waals surface area contributed by atoms with Crippen LogP contribution < -0.4 is 5.32 Å². The van der Waals surface area contributed by atoms with E-state index in [-0.39, 0.29) is 5.91 Å². The first-order valence-corrected chi connectivity index (χ1v) is 5.07. The molecule has 0 bridgehead atoms. The van der Waals surface area contributed by atoms with Crippen molar-refractivity contribution in [2.24, 2.45) is 5.41 Å². The van der Waals surface area contributed by atoms with Crippen LogP contribution in [-0.4, -0.2) is 17.4 Å². The van der Waals surface area contributed by atoms with Crippen LogP contribution in [0.25, 0.3) is 0 Å². The van der Waals surface area contributed by atoms with Crippen molar-refractivity contribution in [1.82, 2.24) is 10.3 Å². The molecule has 1 aromatic rings. The van der Waals surface area contributed by atoms with Gasteiger partial charge in [0, 0.05) is 18.4 Å². The van der Waals surface area contributed by atoms with Gasteiger partial charge in [-0.15, -0.1) is 0 Å². The molecule has 1 rings (SSSR count). The van der Waals surface area contributed by atoms with Gasteiger partial charge in [0.2, 0.25) is 0 Å². The Bertz CT molecular complexity index is 432. The Morgan fingerprint density at radius 3 is 2.88 bits per heavy atom. The third-order valence-electron chi connectivity index (χ3n) is 2.25. The number of hydrogen-bond donors (Lipinski definition) is 1. The molecular formula is C12H15N3O. The lowest BCUT2D eigenvalue weighted by molar-refractivity contribution is 0.0942. The van der Waals surface area contributed by atoms with Crippen LogP contribution in [0.5, 0.6) is 0 Å². The van der Waals surface area contributed by atoms with Gasteiger partial charge in [-0.3, -0.25) is 9.78 Å². The van der Waals surface area contributed by atoms with E-state index in [1.165, 1.54) is 0 Å². The predicted molar refractivity (Wildman–Crippen MR) is 60.7 cm³/mol. The van der Waals surface area contributed by atoms with Crippen LogP contribution in [0.2, 0.25) is 0 Å². The summed E-state index contributed by atoms with van der Waals surface area (Å²) in [5, 5.41) is 11.5. The zero-order valence-electron chi connectivity index (χ0n) is 9.74. The van der Waals surface area contributed by atoms with Gasteiger partial charge in [0.1, 0.15) is 0 Å². The van der Waals surface area contributed by atoms with Crippen molar-refractivity contribution in [2.75, 3.05) is 6.54 Å². The van der Waals surface area contributed by atoms with E-state index in [4.69, 9.17) is 5.26 Å². The van der Waals surface area contributed by atoms with E-state index < -0.39 is 5.41 Å². The molecule has 0 aliphatic carbocycles. The van der Waals surface area contributed by atoms with E-state index in [0.717, 1.165) is 0 Å². The fraction of sp³-hybridized carbons (Fsp3) is 0.417. The lowest BCUT2D eigenvalue weighted by Crippen LogP contribution is -2.33. The maximum Gasteiger partial charge on any atom is 0.253 e. The Morgan fingerprint density at radius 2 is 2.31 bits per heavy atom. The number of nitrogens with zero attached hydrogens (tertiary/aromatic N) is 2. The lowest BCUT2D eigenvalue weighted by atomic mass is 9.96. The molecule has 0 radical (unpaired) electrons. The Morgan fingerprint density at radius 1 is 1.62 bits per heavy atom. The minimum Gasteiger partial charge on any atom is -0.350 e. The molecule has 0 aliphatic rings. The molecule has 0 saturated heterocycles. The number of hydrogen-bond acceptors (Lipinski definition) is 3. The normalized spacial score (nSPS) is 10.6. The second kappa shape index (κ2) is 4.75. The van der Waals surface area contributed by atoms with Gasteiger partial charge in [-0.05, 0) is 32.9 Å². The molecule has 0 aliphatic heterocycles. The molecule has 1 heterocycles. The van der Waals surface area contributed by atoms with E-state index in [2.05, 4.69) is 16.4 Å². The molecule has 0 unspecified atom stereocenters. The largest absolute Gasteiger partial charge is 0.350 e. The van der Waals surface area contributed by atoms with Crippen LogP contribution in [0.4, 0.5) is 0 Å². The maximum atomic E-state index is 11.8. The van der Waals surface area contributed by atoms with Gasteiger partial charge >= 0.3 is 0 Å². The number of pyridine rings is 1. The van der Waals surface area contributed by atoms with Gasteiger partial charge in [0.15, 0.2) is 0 Å². The second-order valence-corrected chi connectivity index (χ2v) is 4.31. The highest BCUT2D eigenvalue weighted by atomic mass is 16.1. The second-order valence-electron chi connectivity index (χ2n) is 4.31. The fourth-order valence-electron chi connectivity index (χ4n) is 1.16. The predicted octanol–water partition coefficient (Wildman–Crippen LogP) is 1.67. The van der Waals surface area contributed by atoms with Crippen LogP contribution in [0.15, 0.2) is 18.3 Å². The molecule has 1 amide bonds. The molecule has 1 aromatic heterocycles. The van der Waals surface area contributed by atoms with Crippen molar-refractivity contribution >= 4 is 5.91 Å². The minimum atomic E-state index is -0.550. The van der Waals surface area contributed by atoms with Gasteiger partial charge in [0.25, 0.3) is 5.91 Å². The van der Waals surface area contributed by atoms with Crippen LogP contribution in [0, 0.1) is 23.7 Å². The summed E-state index contributed by atoms with van der Waals surface area (Å²) in [6, 6.07) is 5.57. The fourth-order valence-corrected chi connectivity index (χ4v) is 1.16. The molecule has 0 aromatic carbocycles. The number of nitriles is 1. The summed E-state index contributed by atoms with van der Waals surface area (Å²) in [6.07, 6.45) is 1.64. The first-order chi connectivity index (χ1) is 7.46. The van der Waals surface area contributed by atoms with Crippen molar-refractivity contribution in [3.05, 3.63) is 29.6 Å². The van der Waals surface area contributed by atoms with Crippen LogP contribution in [0.1, 0.15) is 29.9 Å². The van der Waals surface area contributed by atoms with E-state index in [1.54, 1.807) is 39.1 Å². The number of rotatable bonds is 3. The van der Waals surface area contributed by atoms with E-state index in [1.807, 2.05) is 0 Å². The topological polar surface area (TPSA) is 65.8 Å². The Hall–Kier alpha value is -1.89. The monoisotopic (exact) mass is 217 g/mol. The highest BCUT2D eigenvalue weighted by Crippen LogP contribution is 2.11. The molecule has 16 heavy (non-hydrogen) atoms. The molecule has 0 fully saturated rings. The van der Waals surface area contributed by atoms with Crippen molar-refractivity contribution in [2.45, 2.75) is 20.8 Å². The summed E-state index contributed by atoms with van der Waals surface area (Å²) >= 11 is 0. The average molecular weight is 217 g/mol. The lowest BCUT2D eigenvalue weighted by Gasteiger charge is -2.16. The van der Waals surface area contributed by atoms with Crippen molar-refractivity contribution in [3.63, 3.8) is 0 Å². The summed E-state index contributed by atoms with van der Waals surface area (Å²) < 4.78 is 0. The van der Waals surface area contributed by atoms with E-state index in [9.17, 15) is 4.79 Å². The molecule has 1 N–H and O–H groups in total. The van der Waals surface area contributed by atoms with Crippen molar-refractivity contribution in [1.29, 1.82) is 5.26 Å². The number of carbonyl (C=O) groups is 1. The first-order valence-electron chi connectivity index (χ1n) is 5.07. The third kappa shape index (κ3) is 3.06. The number of amides is 1. The van der Waals surface area contributed by atoms with Gasteiger partial charge in [-0.1, -0.05) is 0 Å². The zero-order valence-corrected chi connectivity index (χ0v) is 9.74. The molecular weight excluding hydrogens is 202 g/mol. The molecule has 4 heteroatoms. The molecule has 0 atom stereocenters. The zero-order chi connectivity index (χ0) is 12.2. The number of nitrogens with one attached hydrogen (secondary N) is 1. The average Bonchev–Trinajstić information content (AvgIpc) is 2.27. The smallest absolute Gasteiger partial charge is 0.253 e. The van der Waals surface area contributed by atoms with Crippen molar-refractivity contribution < 1.29 is 4.79 Å². The van der Waals surface area contributed by atoms with Gasteiger partial charge in [0.05, 0.1) is 17.0 Å². The number of aryl methyl sites for hydroxylation is 1. The van der Waals surface area contributed by atoms with Gasteiger partial charge < -0.3 is 5.32 Å². The quantitative estimate of drug-likeness (QED) is 0.837. The molecule has 84 valence electrons. The van der Waals surface area contributed by atoms with Gasteiger partial charge in [-0.2, -0.15) is 5.26 Å². The summed E-state index contributed by atoms with van der Waals surface area (Å²) in [5.74, 6) is -0.186. The number of aromatic nitrogens is 1. The molecule has 0 spiro atoms. The van der Waals surface area contributed by atoms with Crippen molar-refractivity contribution in [3.8, 4) is 6.07 Å². The Balaban J connectivity index is 2.68. The van der Waals surface area contributed by atoms with Gasteiger partial charge in [-0.25, -0.2) is 0 Å². The SMILES string of the molecule is Cc1ncccc1C(=O)NCC(C)(C)C#N. The van der Waals surface area contributed by atoms with E-state index in [0.29, 0.717) is 17.8 Å². The summed E-state index contributed by atoms with van der Waals surface area (Å²) in [4.78, 5) is 15.8. The summed E-state index contributed by atoms with van der Waals surface area (Å²) in [7, 11) is 0. The number of carbonyl (C=O) groups excluding carboxylic acids is 1. The summed E-state index contributed by atoms with van der Waals surface area (Å²) in [6.45, 7) is 5.67. The van der Waals surface area contributed by atoms with Crippen LogP contribution in [0.3, 0.4) is 0 Å². The highest BCUT2D eigenvalue weighted by molar-refractivity contribution is 5.95. The third-order valence-corrected chi connectivity index (χ3v) is 2.25. The summed E-state index contributed by atoms with van der Waals surface area (Å²) in [5.41, 5.74) is 0.692. The first kappa shape index (κ1) is 12.2. The Labute approximate surface area is 95.3 Å². The maximum absolute atomic E-state index is 11.8. The molecule has 4 nitrogen and oxygen atoms in total. The standard InChI is InChI=1S/C12H15N3O/c1-9-10(5-4-6-14-9)11(16)15-8-12(2,3)7-13/h4-6H,8H2,1-3H3,(H,15,16). The minimum absolute atomic E-state index is 0.186. The van der Waals surface area contributed by atoms with Crippen LogP contribution in [-0.2, 0) is 0 Å². The highest BCUT2D eigenvalue weighted by Gasteiger charge is 2.18. The molecule has 0 saturated carbocycles.